The standard InChI is InChI=1S/C19H29NO3Si/c1-18(2,3)22-17(21)20-15-12-10-9-11-14(15)13-16(20)23-24(7,8)19(4,5)6/h9-13H,1-8H3. The highest BCUT2D eigenvalue weighted by Crippen LogP contribution is 2.39. The number of ether oxygens (including phenoxy) is 1. The van der Waals surface area contributed by atoms with Crippen molar-refractivity contribution >= 4 is 25.3 Å². The van der Waals surface area contributed by atoms with Gasteiger partial charge in [-0.15, -0.1) is 0 Å². The van der Waals surface area contributed by atoms with Crippen LogP contribution in [0.25, 0.3) is 10.9 Å². The molecular weight excluding hydrogens is 318 g/mol. The van der Waals surface area contributed by atoms with Crippen molar-refractivity contribution in [2.75, 3.05) is 0 Å². The number of carbonyl (C=O) groups excluding carboxylic acids is 1. The third kappa shape index (κ3) is 3.83. The van der Waals surface area contributed by atoms with E-state index >= 15 is 0 Å². The van der Waals surface area contributed by atoms with E-state index in [1.807, 2.05) is 51.1 Å². The van der Waals surface area contributed by atoms with Gasteiger partial charge in [0.2, 0.25) is 0 Å². The monoisotopic (exact) mass is 347 g/mol. The predicted molar refractivity (Wildman–Crippen MR) is 101 cm³/mol. The lowest BCUT2D eigenvalue weighted by atomic mass is 10.2. The lowest BCUT2D eigenvalue weighted by molar-refractivity contribution is 0.0536. The predicted octanol–water partition coefficient (Wildman–Crippen LogP) is 5.81. The summed E-state index contributed by atoms with van der Waals surface area (Å²) in [5, 5.41) is 1.01. The van der Waals surface area contributed by atoms with Crippen LogP contribution in [0.2, 0.25) is 18.1 Å². The maximum Gasteiger partial charge on any atom is 0.421 e. The molecule has 0 fully saturated rings. The van der Waals surface area contributed by atoms with Gasteiger partial charge in [0, 0.05) is 11.5 Å². The van der Waals surface area contributed by atoms with Gasteiger partial charge in [-0.2, -0.15) is 0 Å². The third-order valence-corrected chi connectivity index (χ3v) is 8.75. The van der Waals surface area contributed by atoms with Gasteiger partial charge in [-0.3, -0.25) is 0 Å². The van der Waals surface area contributed by atoms with Crippen LogP contribution in [0.4, 0.5) is 4.79 Å². The highest BCUT2D eigenvalue weighted by atomic mass is 28.4. The van der Waals surface area contributed by atoms with Crippen LogP contribution in [-0.4, -0.2) is 24.6 Å². The maximum atomic E-state index is 12.8. The second-order valence-corrected chi connectivity index (χ2v) is 13.4. The van der Waals surface area contributed by atoms with E-state index in [1.165, 1.54) is 0 Å². The quantitative estimate of drug-likeness (QED) is 0.644. The van der Waals surface area contributed by atoms with Crippen molar-refractivity contribution in [2.45, 2.75) is 65.3 Å². The summed E-state index contributed by atoms with van der Waals surface area (Å²) in [5.41, 5.74) is 0.247. The topological polar surface area (TPSA) is 40.5 Å². The molecule has 1 heterocycles. The van der Waals surface area contributed by atoms with E-state index in [0.717, 1.165) is 10.9 Å². The maximum absolute atomic E-state index is 12.8. The minimum absolute atomic E-state index is 0.0439. The minimum atomic E-state index is -2.07. The fourth-order valence-electron chi connectivity index (χ4n) is 2.12. The molecule has 0 atom stereocenters. The van der Waals surface area contributed by atoms with Crippen LogP contribution < -0.4 is 4.43 Å². The summed E-state index contributed by atoms with van der Waals surface area (Å²) in [7, 11) is -2.07. The summed E-state index contributed by atoms with van der Waals surface area (Å²) < 4.78 is 13.6. The lowest BCUT2D eigenvalue weighted by Gasteiger charge is -2.36. The Bertz CT molecular complexity index is 748. The van der Waals surface area contributed by atoms with Crippen molar-refractivity contribution in [3.05, 3.63) is 30.3 Å². The zero-order valence-corrected chi connectivity index (χ0v) is 17.1. The number of aromatic nitrogens is 1. The van der Waals surface area contributed by atoms with Gasteiger partial charge in [-0.1, -0.05) is 39.0 Å². The number of fused-ring (bicyclic) bond motifs is 1. The first kappa shape index (κ1) is 18.6. The van der Waals surface area contributed by atoms with Crippen LogP contribution >= 0.6 is 0 Å². The van der Waals surface area contributed by atoms with Gasteiger partial charge in [-0.25, -0.2) is 9.36 Å². The molecule has 2 aromatic rings. The summed E-state index contributed by atoms with van der Waals surface area (Å²) >= 11 is 0. The van der Waals surface area contributed by atoms with Crippen molar-refractivity contribution in [1.29, 1.82) is 0 Å². The molecular formula is C19H29NO3Si. The molecule has 0 spiro atoms. The van der Waals surface area contributed by atoms with Gasteiger partial charge in [0.05, 0.1) is 5.52 Å². The summed E-state index contributed by atoms with van der Waals surface area (Å²) in [6.07, 6.45) is -0.405. The molecule has 24 heavy (non-hydrogen) atoms. The number of nitrogens with zero attached hydrogens (tertiary/aromatic N) is 1. The Kier molecular flexibility index (Phi) is 4.61. The van der Waals surface area contributed by atoms with Gasteiger partial charge >= 0.3 is 6.09 Å². The van der Waals surface area contributed by atoms with Crippen LogP contribution in [0.5, 0.6) is 5.88 Å². The minimum Gasteiger partial charge on any atom is -0.531 e. The van der Waals surface area contributed by atoms with E-state index < -0.39 is 20.0 Å². The molecule has 0 N–H and O–H groups in total. The highest BCUT2D eigenvalue weighted by molar-refractivity contribution is 6.74. The van der Waals surface area contributed by atoms with Gasteiger partial charge in [0.25, 0.3) is 8.32 Å². The van der Waals surface area contributed by atoms with Gasteiger partial charge < -0.3 is 9.16 Å². The molecule has 2 rings (SSSR count). The number of rotatable bonds is 2. The van der Waals surface area contributed by atoms with Crippen molar-refractivity contribution in [3.8, 4) is 5.88 Å². The molecule has 5 heteroatoms. The van der Waals surface area contributed by atoms with Crippen LogP contribution in [0, 0.1) is 0 Å². The van der Waals surface area contributed by atoms with E-state index in [1.54, 1.807) is 4.57 Å². The van der Waals surface area contributed by atoms with E-state index in [9.17, 15) is 4.79 Å². The van der Waals surface area contributed by atoms with Crippen LogP contribution in [0.15, 0.2) is 30.3 Å². The summed E-state index contributed by atoms with van der Waals surface area (Å²) in [6, 6.07) is 9.70. The molecule has 0 unspecified atom stereocenters. The molecule has 0 radical (unpaired) electrons. The Morgan fingerprint density at radius 1 is 1.04 bits per heavy atom. The van der Waals surface area contributed by atoms with Crippen molar-refractivity contribution < 1.29 is 14.0 Å². The van der Waals surface area contributed by atoms with Gasteiger partial charge in [-0.05, 0) is 45.0 Å². The first-order valence-corrected chi connectivity index (χ1v) is 11.3. The summed E-state index contributed by atoms with van der Waals surface area (Å²) in [6.45, 7) is 16.5. The van der Waals surface area contributed by atoms with Crippen LogP contribution in [0.1, 0.15) is 41.5 Å². The second kappa shape index (κ2) is 5.95. The molecule has 1 aromatic carbocycles. The van der Waals surface area contributed by atoms with Crippen molar-refractivity contribution in [3.63, 3.8) is 0 Å². The Labute approximate surface area is 145 Å². The number of hydrogen-bond donors (Lipinski definition) is 0. The third-order valence-electron chi connectivity index (χ3n) is 4.42. The number of carbonyl (C=O) groups is 1. The fraction of sp³-hybridized carbons (Fsp3) is 0.526. The van der Waals surface area contributed by atoms with Crippen LogP contribution in [0.3, 0.4) is 0 Å². The average molecular weight is 348 g/mol. The summed E-state index contributed by atoms with van der Waals surface area (Å²) in [4.78, 5) is 12.8. The first-order valence-electron chi connectivity index (χ1n) is 8.35. The molecule has 0 aliphatic rings. The SMILES string of the molecule is CC(C)(C)OC(=O)n1c(O[Si](C)(C)C(C)(C)C)cc2ccccc21. The fourth-order valence-corrected chi connectivity index (χ4v) is 3.09. The molecule has 4 nitrogen and oxygen atoms in total. The Balaban J connectivity index is 2.54. The van der Waals surface area contributed by atoms with Crippen molar-refractivity contribution in [1.82, 2.24) is 4.57 Å². The second-order valence-electron chi connectivity index (χ2n) is 8.72. The molecule has 0 amide bonds. The normalized spacial score (nSPS) is 13.2. The molecule has 0 bridgehead atoms. The zero-order valence-electron chi connectivity index (χ0n) is 16.1. The van der Waals surface area contributed by atoms with E-state index in [0.29, 0.717) is 5.88 Å². The lowest BCUT2D eigenvalue weighted by Crippen LogP contribution is -2.44. The number of benzene rings is 1. The molecule has 0 saturated carbocycles. The summed E-state index contributed by atoms with van der Waals surface area (Å²) in [5.74, 6) is 0.567. The molecule has 1 aromatic heterocycles. The molecule has 132 valence electrons. The molecule has 0 aliphatic heterocycles. The first-order chi connectivity index (χ1) is 10.8. The zero-order chi connectivity index (χ0) is 18.3. The van der Waals surface area contributed by atoms with Gasteiger partial charge in [0.1, 0.15) is 5.60 Å². The largest absolute Gasteiger partial charge is 0.531 e. The van der Waals surface area contributed by atoms with E-state index in [4.69, 9.17) is 9.16 Å². The number of hydrogen-bond acceptors (Lipinski definition) is 3. The molecule has 0 aliphatic carbocycles. The van der Waals surface area contributed by atoms with Crippen LogP contribution in [-0.2, 0) is 4.74 Å². The van der Waals surface area contributed by atoms with Gasteiger partial charge in [0.15, 0.2) is 5.88 Å². The molecule has 0 saturated heterocycles. The average Bonchev–Trinajstić information content (AvgIpc) is 2.72. The smallest absolute Gasteiger partial charge is 0.421 e. The highest BCUT2D eigenvalue weighted by Gasteiger charge is 2.40. The van der Waals surface area contributed by atoms with E-state index in [-0.39, 0.29) is 5.04 Å². The number of para-hydroxylation sites is 1. The van der Waals surface area contributed by atoms with E-state index in [2.05, 4.69) is 33.9 Å². The Hall–Kier alpha value is -1.75. The Morgan fingerprint density at radius 3 is 2.17 bits per heavy atom. The van der Waals surface area contributed by atoms with Crippen molar-refractivity contribution in [2.24, 2.45) is 0 Å². The Morgan fingerprint density at radius 2 is 1.62 bits per heavy atom.